The maximum Gasteiger partial charge on any atom is 0.266 e. The van der Waals surface area contributed by atoms with Crippen LogP contribution in [0.15, 0.2) is 57.6 Å². The van der Waals surface area contributed by atoms with E-state index in [0.29, 0.717) is 49.0 Å². The zero-order valence-electron chi connectivity index (χ0n) is 16.0. The van der Waals surface area contributed by atoms with Crippen molar-refractivity contribution in [2.75, 3.05) is 31.1 Å². The van der Waals surface area contributed by atoms with Gasteiger partial charge in [0.15, 0.2) is 5.76 Å². The molecule has 1 aliphatic rings. The number of nitriles is 2. The van der Waals surface area contributed by atoms with Gasteiger partial charge in [0.25, 0.3) is 5.89 Å². The number of anilines is 1. The highest BCUT2D eigenvalue weighted by atomic mass is 16.4. The van der Waals surface area contributed by atoms with E-state index in [1.165, 1.54) is 12.3 Å². The molecular formula is C22H17N5O3. The third kappa shape index (κ3) is 3.80. The van der Waals surface area contributed by atoms with E-state index in [1.54, 1.807) is 41.3 Å². The van der Waals surface area contributed by atoms with Crippen molar-refractivity contribution in [1.29, 1.82) is 10.5 Å². The Bertz CT molecular complexity index is 1160. The molecule has 3 heterocycles. The summed E-state index contributed by atoms with van der Waals surface area (Å²) in [6.45, 7) is 1.97. The van der Waals surface area contributed by atoms with Gasteiger partial charge in [0.1, 0.15) is 6.07 Å². The lowest BCUT2D eigenvalue weighted by Gasteiger charge is -2.33. The molecule has 0 bridgehead atoms. The Kier molecular flexibility index (Phi) is 5.31. The summed E-state index contributed by atoms with van der Waals surface area (Å²) in [7, 11) is 0. The van der Waals surface area contributed by atoms with Gasteiger partial charge in [-0.1, -0.05) is 18.2 Å². The summed E-state index contributed by atoms with van der Waals surface area (Å²) in [4.78, 5) is 20.4. The molecule has 3 aromatic rings. The van der Waals surface area contributed by atoms with Crippen molar-refractivity contribution in [3.8, 4) is 23.8 Å². The lowest BCUT2D eigenvalue weighted by Crippen LogP contribution is -2.48. The summed E-state index contributed by atoms with van der Waals surface area (Å²) in [6, 6.07) is 14.7. The third-order valence-corrected chi connectivity index (χ3v) is 4.81. The van der Waals surface area contributed by atoms with Crippen LogP contribution in [0, 0.1) is 22.7 Å². The molecule has 0 aliphatic carbocycles. The molecule has 0 saturated carbocycles. The molecule has 1 fully saturated rings. The highest BCUT2D eigenvalue weighted by Crippen LogP contribution is 2.29. The Morgan fingerprint density at radius 3 is 2.57 bits per heavy atom. The van der Waals surface area contributed by atoms with Crippen LogP contribution in [0.25, 0.3) is 17.7 Å². The molecule has 1 aliphatic heterocycles. The number of oxazole rings is 1. The summed E-state index contributed by atoms with van der Waals surface area (Å²) < 4.78 is 11.0. The maximum absolute atomic E-state index is 12.5. The molecule has 0 atom stereocenters. The van der Waals surface area contributed by atoms with Gasteiger partial charge >= 0.3 is 0 Å². The minimum Gasteiger partial charge on any atom is -0.459 e. The number of furan rings is 1. The fourth-order valence-electron chi connectivity index (χ4n) is 3.25. The van der Waals surface area contributed by atoms with Gasteiger partial charge < -0.3 is 18.6 Å². The van der Waals surface area contributed by atoms with Crippen molar-refractivity contribution in [2.45, 2.75) is 0 Å². The minimum absolute atomic E-state index is 0.128. The highest BCUT2D eigenvalue weighted by Gasteiger charge is 2.26. The van der Waals surface area contributed by atoms with E-state index in [1.807, 2.05) is 11.0 Å². The monoisotopic (exact) mass is 399 g/mol. The normalized spacial score (nSPS) is 13.9. The predicted molar refractivity (Wildman–Crippen MR) is 108 cm³/mol. The van der Waals surface area contributed by atoms with Gasteiger partial charge in [-0.3, -0.25) is 4.79 Å². The molecule has 0 spiro atoms. The number of hydrogen-bond donors (Lipinski definition) is 0. The topological polar surface area (TPSA) is 110 Å². The molecule has 1 saturated heterocycles. The Labute approximate surface area is 172 Å². The number of carbonyl (C=O) groups is 1. The fraction of sp³-hybridized carbons (Fsp3) is 0.182. The van der Waals surface area contributed by atoms with Crippen LogP contribution >= 0.6 is 0 Å². The van der Waals surface area contributed by atoms with E-state index in [4.69, 9.17) is 14.1 Å². The van der Waals surface area contributed by atoms with Crippen molar-refractivity contribution < 1.29 is 13.6 Å². The number of benzene rings is 1. The lowest BCUT2D eigenvalue weighted by molar-refractivity contribution is -0.126. The first-order chi connectivity index (χ1) is 14.7. The van der Waals surface area contributed by atoms with Gasteiger partial charge in [-0.05, 0) is 29.8 Å². The van der Waals surface area contributed by atoms with E-state index >= 15 is 0 Å². The van der Waals surface area contributed by atoms with Crippen LogP contribution in [0.2, 0.25) is 0 Å². The van der Waals surface area contributed by atoms with Crippen LogP contribution in [-0.2, 0) is 4.79 Å². The minimum atomic E-state index is -0.128. The molecule has 1 amide bonds. The Hall–Kier alpha value is -4.30. The van der Waals surface area contributed by atoms with Crippen LogP contribution in [0.1, 0.15) is 16.8 Å². The number of piperazine rings is 1. The smallest absolute Gasteiger partial charge is 0.266 e. The standard InChI is InChI=1S/C22H17N5O3/c23-14-17-5-2-1-4-16(17)7-8-20(28)26-9-11-27(12-10-26)22-18(15-24)25-21(30-22)19-6-3-13-29-19/h1-8,13H,9-12H2/b8-7+. The Morgan fingerprint density at radius 2 is 1.87 bits per heavy atom. The van der Waals surface area contributed by atoms with Gasteiger partial charge in [-0.15, -0.1) is 0 Å². The van der Waals surface area contributed by atoms with Crippen molar-refractivity contribution in [2.24, 2.45) is 0 Å². The summed E-state index contributed by atoms with van der Waals surface area (Å²) in [5.41, 5.74) is 1.42. The number of hydrogen-bond acceptors (Lipinski definition) is 7. The molecule has 4 rings (SSSR count). The molecule has 2 aromatic heterocycles. The van der Waals surface area contributed by atoms with E-state index < -0.39 is 0 Å². The van der Waals surface area contributed by atoms with E-state index in [9.17, 15) is 10.1 Å². The van der Waals surface area contributed by atoms with Gasteiger partial charge in [0, 0.05) is 32.3 Å². The summed E-state index contributed by atoms with van der Waals surface area (Å²) in [5, 5.41) is 18.5. The van der Waals surface area contributed by atoms with Gasteiger partial charge in [0.2, 0.25) is 17.5 Å². The lowest BCUT2D eigenvalue weighted by atomic mass is 10.1. The van der Waals surface area contributed by atoms with Gasteiger partial charge in [0.05, 0.1) is 17.9 Å². The van der Waals surface area contributed by atoms with Crippen LogP contribution in [0.3, 0.4) is 0 Å². The Morgan fingerprint density at radius 1 is 1.07 bits per heavy atom. The number of nitrogens with zero attached hydrogens (tertiary/aromatic N) is 5. The zero-order valence-corrected chi connectivity index (χ0v) is 16.0. The molecule has 0 radical (unpaired) electrons. The van der Waals surface area contributed by atoms with Crippen LogP contribution in [0.5, 0.6) is 0 Å². The van der Waals surface area contributed by atoms with Crippen LogP contribution in [0.4, 0.5) is 5.88 Å². The number of carbonyl (C=O) groups excluding carboxylic acids is 1. The summed E-state index contributed by atoms with van der Waals surface area (Å²) in [6.07, 6.45) is 4.65. The quantitative estimate of drug-likeness (QED) is 0.620. The number of amides is 1. The number of aromatic nitrogens is 1. The second-order valence-corrected chi connectivity index (χ2v) is 6.61. The van der Waals surface area contributed by atoms with Crippen molar-refractivity contribution in [3.05, 3.63) is 65.6 Å². The van der Waals surface area contributed by atoms with Gasteiger partial charge in [-0.2, -0.15) is 15.5 Å². The maximum atomic E-state index is 12.5. The first-order valence-electron chi connectivity index (χ1n) is 9.35. The molecule has 0 N–H and O–H groups in total. The Balaban J connectivity index is 1.42. The van der Waals surface area contributed by atoms with Crippen LogP contribution < -0.4 is 4.90 Å². The largest absolute Gasteiger partial charge is 0.459 e. The molecule has 148 valence electrons. The summed E-state index contributed by atoms with van der Waals surface area (Å²) in [5.74, 6) is 0.963. The molecule has 8 nitrogen and oxygen atoms in total. The van der Waals surface area contributed by atoms with E-state index in [0.717, 1.165) is 0 Å². The van der Waals surface area contributed by atoms with Crippen molar-refractivity contribution in [1.82, 2.24) is 9.88 Å². The average molecular weight is 399 g/mol. The van der Waals surface area contributed by atoms with Crippen molar-refractivity contribution >= 4 is 17.9 Å². The van der Waals surface area contributed by atoms with E-state index in [2.05, 4.69) is 17.1 Å². The molecule has 0 unspecified atom stereocenters. The highest BCUT2D eigenvalue weighted by molar-refractivity contribution is 5.92. The second-order valence-electron chi connectivity index (χ2n) is 6.61. The first kappa shape index (κ1) is 19.0. The van der Waals surface area contributed by atoms with Crippen molar-refractivity contribution in [3.63, 3.8) is 0 Å². The average Bonchev–Trinajstić information content (AvgIpc) is 3.47. The summed E-state index contributed by atoms with van der Waals surface area (Å²) >= 11 is 0. The van der Waals surface area contributed by atoms with Crippen LogP contribution in [-0.4, -0.2) is 42.0 Å². The molecule has 30 heavy (non-hydrogen) atoms. The number of rotatable bonds is 4. The molecule has 8 heteroatoms. The zero-order chi connectivity index (χ0) is 20.9. The van der Waals surface area contributed by atoms with Gasteiger partial charge in [-0.25, -0.2) is 0 Å². The SMILES string of the molecule is N#Cc1ccccc1/C=C/C(=O)N1CCN(c2oc(-c3ccco3)nc2C#N)CC1. The van der Waals surface area contributed by atoms with E-state index in [-0.39, 0.29) is 17.5 Å². The second kappa shape index (κ2) is 8.38. The predicted octanol–water partition coefficient (Wildman–Crippen LogP) is 3.04. The third-order valence-electron chi connectivity index (χ3n) is 4.81. The molecular weight excluding hydrogens is 382 g/mol. The first-order valence-corrected chi connectivity index (χ1v) is 9.35. The fourth-order valence-corrected chi connectivity index (χ4v) is 3.25. The molecule has 1 aromatic carbocycles.